The van der Waals surface area contributed by atoms with E-state index in [0.717, 1.165) is 0 Å². The summed E-state index contributed by atoms with van der Waals surface area (Å²) in [5, 5.41) is 0. The lowest BCUT2D eigenvalue weighted by molar-refractivity contribution is -0.156. The van der Waals surface area contributed by atoms with Gasteiger partial charge in [-0.15, -0.1) is 0 Å². The number of pyridine rings is 2. The summed E-state index contributed by atoms with van der Waals surface area (Å²) in [7, 11) is 0. The Morgan fingerprint density at radius 3 is 2.14 bits per heavy atom. The fourth-order valence-electron chi connectivity index (χ4n) is 1.81. The van der Waals surface area contributed by atoms with Crippen LogP contribution in [0.1, 0.15) is 30.1 Å². The van der Waals surface area contributed by atoms with Gasteiger partial charge in [0.05, 0.1) is 5.92 Å². The smallest absolute Gasteiger partial charge is 0.314 e. The van der Waals surface area contributed by atoms with Crippen molar-refractivity contribution in [2.45, 2.75) is 18.9 Å². The van der Waals surface area contributed by atoms with Crippen molar-refractivity contribution in [1.29, 1.82) is 0 Å². The summed E-state index contributed by atoms with van der Waals surface area (Å²) in [4.78, 5) is 31.5. The van der Waals surface area contributed by atoms with Crippen molar-refractivity contribution in [3.05, 3.63) is 60.2 Å². The molecule has 2 heterocycles. The molecular weight excluding hydrogens is 270 g/mol. The Kier molecular flexibility index (Phi) is 4.61. The number of carbonyl (C=O) groups excluding carboxylic acids is 2. The van der Waals surface area contributed by atoms with E-state index < -0.39 is 23.9 Å². The molecule has 2 rings (SSSR count). The van der Waals surface area contributed by atoms with Crippen LogP contribution in [-0.2, 0) is 14.3 Å². The molecular formula is C15H15N3O3. The Bertz CT molecular complexity index is 617. The first-order chi connectivity index (χ1) is 10.1. The van der Waals surface area contributed by atoms with E-state index in [9.17, 15) is 9.59 Å². The third-order valence-corrected chi connectivity index (χ3v) is 3.02. The van der Waals surface area contributed by atoms with Gasteiger partial charge in [0, 0.05) is 30.4 Å². The van der Waals surface area contributed by atoms with Crippen LogP contribution in [0, 0.1) is 0 Å². The van der Waals surface area contributed by atoms with Crippen LogP contribution in [0.2, 0.25) is 0 Å². The monoisotopic (exact) mass is 285 g/mol. The molecule has 0 bridgehead atoms. The summed E-state index contributed by atoms with van der Waals surface area (Å²) in [5.74, 6) is -1.83. The Hall–Kier alpha value is -2.76. The van der Waals surface area contributed by atoms with E-state index in [-0.39, 0.29) is 0 Å². The Morgan fingerprint density at radius 1 is 1.10 bits per heavy atom. The summed E-state index contributed by atoms with van der Waals surface area (Å²) >= 11 is 0. The number of aromatic nitrogens is 2. The number of hydrogen-bond donors (Lipinski definition) is 1. The molecule has 0 saturated heterocycles. The largest absolute Gasteiger partial charge is 0.447 e. The highest BCUT2D eigenvalue weighted by Crippen LogP contribution is 2.22. The summed E-state index contributed by atoms with van der Waals surface area (Å²) < 4.78 is 5.23. The molecule has 0 aliphatic rings. The number of nitrogens with zero attached hydrogens (tertiary/aromatic N) is 2. The second-order valence-electron chi connectivity index (χ2n) is 4.51. The zero-order valence-electron chi connectivity index (χ0n) is 11.5. The molecule has 0 saturated carbocycles. The lowest BCUT2D eigenvalue weighted by Crippen LogP contribution is -2.28. The van der Waals surface area contributed by atoms with Crippen molar-refractivity contribution in [2.24, 2.45) is 5.73 Å². The number of rotatable bonds is 5. The molecule has 2 aromatic rings. The van der Waals surface area contributed by atoms with Gasteiger partial charge < -0.3 is 10.5 Å². The molecule has 2 unspecified atom stereocenters. The molecule has 0 spiro atoms. The first kappa shape index (κ1) is 14.6. The van der Waals surface area contributed by atoms with Gasteiger partial charge in [0.25, 0.3) is 5.91 Å². The average Bonchev–Trinajstić information content (AvgIpc) is 2.53. The summed E-state index contributed by atoms with van der Waals surface area (Å²) in [6, 6.07) is 6.77. The normalized spacial score (nSPS) is 13.2. The van der Waals surface area contributed by atoms with Crippen molar-refractivity contribution < 1.29 is 14.3 Å². The Balaban J connectivity index is 2.14. The lowest BCUT2D eigenvalue weighted by Gasteiger charge is -2.17. The number of esters is 1. The minimum Gasteiger partial charge on any atom is -0.447 e. The maximum Gasteiger partial charge on any atom is 0.314 e. The Morgan fingerprint density at radius 2 is 1.67 bits per heavy atom. The molecule has 6 heteroatoms. The van der Waals surface area contributed by atoms with Crippen LogP contribution in [-0.4, -0.2) is 21.8 Å². The van der Waals surface area contributed by atoms with Gasteiger partial charge >= 0.3 is 5.97 Å². The first-order valence-corrected chi connectivity index (χ1v) is 6.39. The topological polar surface area (TPSA) is 95.2 Å². The molecule has 0 fully saturated rings. The van der Waals surface area contributed by atoms with Crippen LogP contribution in [0.15, 0.2) is 49.1 Å². The van der Waals surface area contributed by atoms with Crippen LogP contribution in [0.3, 0.4) is 0 Å². The van der Waals surface area contributed by atoms with E-state index >= 15 is 0 Å². The number of ether oxygens (including phenoxy) is 1. The van der Waals surface area contributed by atoms with Gasteiger partial charge in [-0.2, -0.15) is 0 Å². The summed E-state index contributed by atoms with van der Waals surface area (Å²) in [6.07, 6.45) is 5.04. The van der Waals surface area contributed by atoms with Gasteiger partial charge in [-0.3, -0.25) is 19.6 Å². The maximum atomic E-state index is 12.2. The second-order valence-corrected chi connectivity index (χ2v) is 4.51. The SMILES string of the molecule is CC(C(=O)OC(C(N)=O)c1cccnc1)c1cccnc1. The van der Waals surface area contributed by atoms with Gasteiger partial charge in [0.15, 0.2) is 0 Å². The molecule has 108 valence electrons. The van der Waals surface area contributed by atoms with E-state index in [2.05, 4.69) is 9.97 Å². The number of nitrogens with two attached hydrogens (primary N) is 1. The van der Waals surface area contributed by atoms with E-state index in [4.69, 9.17) is 10.5 Å². The third kappa shape index (κ3) is 3.62. The number of carbonyl (C=O) groups is 2. The second kappa shape index (κ2) is 6.60. The van der Waals surface area contributed by atoms with Crippen molar-refractivity contribution >= 4 is 11.9 Å². The zero-order valence-corrected chi connectivity index (χ0v) is 11.5. The number of hydrogen-bond acceptors (Lipinski definition) is 5. The maximum absolute atomic E-state index is 12.2. The third-order valence-electron chi connectivity index (χ3n) is 3.02. The molecule has 6 nitrogen and oxygen atoms in total. The van der Waals surface area contributed by atoms with Gasteiger partial charge in [0.1, 0.15) is 0 Å². The number of amides is 1. The van der Waals surface area contributed by atoms with Crippen molar-refractivity contribution in [1.82, 2.24) is 9.97 Å². The highest BCUT2D eigenvalue weighted by Gasteiger charge is 2.26. The minimum atomic E-state index is -1.15. The van der Waals surface area contributed by atoms with Gasteiger partial charge in [0.2, 0.25) is 6.10 Å². The number of primary amides is 1. The van der Waals surface area contributed by atoms with E-state index in [0.29, 0.717) is 11.1 Å². The standard InChI is InChI=1S/C15H15N3O3/c1-10(11-4-2-6-17-8-11)15(20)21-13(14(16)19)12-5-3-7-18-9-12/h2-10,13H,1H3,(H2,16,19). The lowest BCUT2D eigenvalue weighted by atomic mass is 10.0. The first-order valence-electron chi connectivity index (χ1n) is 6.39. The predicted molar refractivity (Wildman–Crippen MR) is 74.9 cm³/mol. The molecule has 2 atom stereocenters. The molecule has 2 aromatic heterocycles. The van der Waals surface area contributed by atoms with E-state index in [1.54, 1.807) is 49.8 Å². The molecule has 1 amide bonds. The molecule has 0 aliphatic carbocycles. The quantitative estimate of drug-likeness (QED) is 0.837. The molecule has 0 radical (unpaired) electrons. The highest BCUT2D eigenvalue weighted by atomic mass is 16.5. The Labute approximate surface area is 122 Å². The van der Waals surface area contributed by atoms with E-state index in [1.807, 2.05) is 0 Å². The fraction of sp³-hybridized carbons (Fsp3) is 0.200. The minimum absolute atomic E-state index is 0.441. The van der Waals surface area contributed by atoms with Crippen LogP contribution >= 0.6 is 0 Å². The van der Waals surface area contributed by atoms with Gasteiger partial charge in [-0.25, -0.2) is 0 Å². The van der Waals surface area contributed by atoms with E-state index in [1.165, 1.54) is 6.20 Å². The van der Waals surface area contributed by atoms with Crippen LogP contribution in [0.25, 0.3) is 0 Å². The average molecular weight is 285 g/mol. The van der Waals surface area contributed by atoms with Crippen molar-refractivity contribution in [3.63, 3.8) is 0 Å². The zero-order chi connectivity index (χ0) is 15.2. The van der Waals surface area contributed by atoms with Gasteiger partial charge in [-0.05, 0) is 24.6 Å². The molecule has 0 aliphatic heterocycles. The van der Waals surface area contributed by atoms with Crippen LogP contribution < -0.4 is 5.73 Å². The van der Waals surface area contributed by atoms with Crippen molar-refractivity contribution in [2.75, 3.05) is 0 Å². The highest BCUT2D eigenvalue weighted by molar-refractivity contribution is 5.85. The molecule has 0 aromatic carbocycles. The molecule has 21 heavy (non-hydrogen) atoms. The van der Waals surface area contributed by atoms with Crippen LogP contribution in [0.4, 0.5) is 0 Å². The van der Waals surface area contributed by atoms with Crippen molar-refractivity contribution in [3.8, 4) is 0 Å². The molecule has 2 N–H and O–H groups in total. The van der Waals surface area contributed by atoms with Crippen LogP contribution in [0.5, 0.6) is 0 Å². The summed E-state index contributed by atoms with van der Waals surface area (Å²) in [6.45, 7) is 1.68. The fourth-order valence-corrected chi connectivity index (χ4v) is 1.81. The van der Waals surface area contributed by atoms with Gasteiger partial charge in [-0.1, -0.05) is 12.1 Å². The predicted octanol–water partition coefficient (Wildman–Crippen LogP) is 1.35. The summed E-state index contributed by atoms with van der Waals surface area (Å²) in [5.41, 5.74) is 6.45.